The Labute approximate surface area is 261 Å². The summed E-state index contributed by atoms with van der Waals surface area (Å²) in [5.41, 5.74) is 4.85. The highest BCUT2D eigenvalue weighted by Gasteiger charge is 2.44. The molecule has 1 saturated heterocycles. The van der Waals surface area contributed by atoms with Gasteiger partial charge in [0.05, 0.1) is 10.6 Å². The average molecular weight is 611 g/mol. The van der Waals surface area contributed by atoms with Gasteiger partial charge in [0.1, 0.15) is 5.54 Å². The van der Waals surface area contributed by atoms with Gasteiger partial charge >= 0.3 is 0 Å². The highest BCUT2D eigenvalue weighted by Crippen LogP contribution is 2.34. The second-order valence-corrected chi connectivity index (χ2v) is 13.1. The molecule has 2 aliphatic rings. The van der Waals surface area contributed by atoms with Gasteiger partial charge in [-0.2, -0.15) is 0 Å². The number of carbonyl (C=O) groups is 2. The first-order valence-electron chi connectivity index (χ1n) is 15.0. The number of piperazine rings is 1. The van der Waals surface area contributed by atoms with Crippen molar-refractivity contribution in [2.45, 2.75) is 45.1 Å². The van der Waals surface area contributed by atoms with E-state index in [4.69, 9.17) is 4.98 Å². The summed E-state index contributed by atoms with van der Waals surface area (Å²) >= 11 is 1.59. The van der Waals surface area contributed by atoms with E-state index < -0.39 is 5.54 Å². The van der Waals surface area contributed by atoms with Crippen molar-refractivity contribution in [3.63, 3.8) is 0 Å². The van der Waals surface area contributed by atoms with Crippen molar-refractivity contribution >= 4 is 40.3 Å². The van der Waals surface area contributed by atoms with Crippen LogP contribution >= 0.6 is 11.3 Å². The molecule has 44 heavy (non-hydrogen) atoms. The molecule has 2 aromatic heterocycles. The summed E-state index contributed by atoms with van der Waals surface area (Å²) in [4.78, 5) is 50.0. The molecule has 10 heteroatoms. The molecule has 2 N–H and O–H groups in total. The predicted molar refractivity (Wildman–Crippen MR) is 176 cm³/mol. The van der Waals surface area contributed by atoms with Crippen molar-refractivity contribution in [1.82, 2.24) is 19.4 Å². The third kappa shape index (κ3) is 5.33. The number of nitrogens with one attached hydrogen (secondary N) is 2. The first-order chi connectivity index (χ1) is 21.1. The van der Waals surface area contributed by atoms with E-state index in [9.17, 15) is 14.4 Å². The van der Waals surface area contributed by atoms with E-state index in [1.165, 1.54) is 27.8 Å². The van der Waals surface area contributed by atoms with Crippen LogP contribution in [0.3, 0.4) is 0 Å². The molecule has 0 spiro atoms. The number of hydrogen-bond acceptors (Lipinski definition) is 7. The van der Waals surface area contributed by atoms with Crippen LogP contribution in [0.2, 0.25) is 0 Å². The summed E-state index contributed by atoms with van der Waals surface area (Å²) < 4.78 is 1.51. The van der Waals surface area contributed by atoms with Gasteiger partial charge in [-0.25, -0.2) is 4.98 Å². The number of amides is 2. The van der Waals surface area contributed by atoms with Crippen molar-refractivity contribution in [3.8, 4) is 11.3 Å². The van der Waals surface area contributed by atoms with Gasteiger partial charge in [-0.1, -0.05) is 24.3 Å². The van der Waals surface area contributed by atoms with E-state index in [-0.39, 0.29) is 23.2 Å². The lowest BCUT2D eigenvalue weighted by atomic mass is 9.87. The molecule has 0 bridgehead atoms. The zero-order valence-corrected chi connectivity index (χ0v) is 26.7. The highest BCUT2D eigenvalue weighted by molar-refractivity contribution is 7.14. The maximum absolute atomic E-state index is 13.2. The molecule has 2 aromatic carbocycles. The second-order valence-electron chi connectivity index (χ2n) is 12.0. The zero-order valence-electron chi connectivity index (χ0n) is 25.9. The van der Waals surface area contributed by atoms with Crippen molar-refractivity contribution in [2.24, 2.45) is 7.05 Å². The summed E-state index contributed by atoms with van der Waals surface area (Å²) in [6.07, 6.45) is 6.16. The van der Waals surface area contributed by atoms with E-state index >= 15 is 0 Å². The Bertz CT molecular complexity index is 1790. The third-order valence-electron chi connectivity index (χ3n) is 9.16. The Kier molecular flexibility index (Phi) is 7.89. The lowest BCUT2D eigenvalue weighted by molar-refractivity contribution is -0.147. The first kappa shape index (κ1) is 29.8. The van der Waals surface area contributed by atoms with E-state index in [0.29, 0.717) is 23.6 Å². The Morgan fingerprint density at radius 2 is 1.75 bits per heavy atom. The van der Waals surface area contributed by atoms with E-state index in [0.717, 1.165) is 41.0 Å². The topological polar surface area (TPSA) is 99.6 Å². The highest BCUT2D eigenvalue weighted by atomic mass is 32.1. The molecule has 1 aliphatic carbocycles. The van der Waals surface area contributed by atoms with Gasteiger partial charge in [-0.05, 0) is 87.5 Å². The number of anilines is 3. The molecular formula is C34H38N6O3S. The summed E-state index contributed by atoms with van der Waals surface area (Å²) in [6, 6.07) is 15.3. The molecule has 2 amide bonds. The van der Waals surface area contributed by atoms with E-state index in [1.54, 1.807) is 29.5 Å². The van der Waals surface area contributed by atoms with Gasteiger partial charge in [0.2, 0.25) is 5.91 Å². The van der Waals surface area contributed by atoms with Crippen LogP contribution in [0.15, 0.2) is 59.5 Å². The molecule has 1 atom stereocenters. The first-order valence-corrected chi connectivity index (χ1v) is 15.8. The van der Waals surface area contributed by atoms with Crippen molar-refractivity contribution in [1.29, 1.82) is 0 Å². The van der Waals surface area contributed by atoms with Crippen LogP contribution in [-0.2, 0) is 30.2 Å². The lowest BCUT2D eigenvalue weighted by Gasteiger charge is -2.45. The van der Waals surface area contributed by atoms with Crippen LogP contribution in [0, 0.1) is 6.92 Å². The summed E-state index contributed by atoms with van der Waals surface area (Å²) in [5, 5.41) is 6.29. The van der Waals surface area contributed by atoms with Crippen LogP contribution in [0.25, 0.3) is 11.3 Å². The number of likely N-dealkylation sites (N-methyl/N-ethyl adjacent to an activating group) is 2. The number of benzene rings is 2. The Morgan fingerprint density at radius 1 is 1.00 bits per heavy atom. The van der Waals surface area contributed by atoms with Crippen molar-refractivity contribution < 1.29 is 9.59 Å². The molecular weight excluding hydrogens is 572 g/mol. The van der Waals surface area contributed by atoms with Gasteiger partial charge in [-0.3, -0.25) is 19.3 Å². The van der Waals surface area contributed by atoms with Gasteiger partial charge in [0.15, 0.2) is 5.82 Å². The number of rotatable bonds is 6. The van der Waals surface area contributed by atoms with Crippen LogP contribution in [0.5, 0.6) is 0 Å². The van der Waals surface area contributed by atoms with Gasteiger partial charge in [-0.15, -0.1) is 11.3 Å². The number of carbonyl (C=O) groups excluding carboxylic acids is 2. The van der Waals surface area contributed by atoms with Crippen LogP contribution in [-0.4, -0.2) is 58.4 Å². The average Bonchev–Trinajstić information content (AvgIpc) is 3.46. The number of fused-ring (bicyclic) bond motifs is 1. The molecule has 0 radical (unpaired) electrons. The van der Waals surface area contributed by atoms with Crippen LogP contribution in [0.1, 0.15) is 51.0 Å². The van der Waals surface area contributed by atoms with Gasteiger partial charge < -0.3 is 20.1 Å². The molecule has 3 heterocycles. The molecule has 6 rings (SSSR count). The lowest BCUT2D eigenvalue weighted by Crippen LogP contribution is -2.60. The fourth-order valence-corrected chi connectivity index (χ4v) is 7.32. The standard InChI is InChI=1S/C34H38N6O3S/c1-21-25(10-8-11-26(21)37-31(41)29-19-22-9-6-7-12-28(22)44-29)27-20-39(4)32(42)30(36-27)35-24-15-13-23(14-16-24)34(2)33(43)38(3)17-18-40(34)5/h8,10-11,13-16,19-20H,6-7,9,12,17-18H2,1-5H3,(H,35,36)(H,37,41). The molecule has 1 fully saturated rings. The smallest absolute Gasteiger partial charge is 0.293 e. The summed E-state index contributed by atoms with van der Waals surface area (Å²) in [7, 11) is 5.50. The van der Waals surface area contributed by atoms with Crippen molar-refractivity contribution in [3.05, 3.63) is 91.5 Å². The fourth-order valence-electron chi connectivity index (χ4n) is 6.17. The van der Waals surface area contributed by atoms with Crippen molar-refractivity contribution in [2.75, 3.05) is 37.8 Å². The third-order valence-corrected chi connectivity index (χ3v) is 10.4. The quantitative estimate of drug-likeness (QED) is 0.307. The fraction of sp³-hybridized carbons (Fsp3) is 0.353. The Hall–Kier alpha value is -4.28. The maximum atomic E-state index is 13.2. The number of aryl methyl sites for hydroxylation is 3. The predicted octanol–water partition coefficient (Wildman–Crippen LogP) is 5.31. The second kappa shape index (κ2) is 11.7. The normalized spacial score (nSPS) is 18.7. The Balaban J connectivity index is 1.25. The number of aromatic nitrogens is 2. The maximum Gasteiger partial charge on any atom is 0.293 e. The monoisotopic (exact) mass is 610 g/mol. The van der Waals surface area contributed by atoms with Gasteiger partial charge in [0, 0.05) is 55.2 Å². The molecule has 9 nitrogen and oxygen atoms in total. The summed E-state index contributed by atoms with van der Waals surface area (Å²) in [6.45, 7) is 5.37. The zero-order chi connectivity index (χ0) is 31.2. The van der Waals surface area contributed by atoms with Crippen LogP contribution < -0.4 is 16.2 Å². The molecule has 1 unspecified atom stereocenters. The number of thiophene rings is 1. The Morgan fingerprint density at radius 3 is 2.50 bits per heavy atom. The molecule has 4 aromatic rings. The molecule has 0 saturated carbocycles. The van der Waals surface area contributed by atoms with Gasteiger partial charge in [0.25, 0.3) is 11.5 Å². The number of hydrogen-bond donors (Lipinski definition) is 2. The largest absolute Gasteiger partial charge is 0.343 e. The summed E-state index contributed by atoms with van der Waals surface area (Å²) in [5.74, 6) is 0.136. The SMILES string of the molecule is Cc1c(NC(=O)c2cc3c(s2)CCCC3)cccc1-c1cn(C)c(=O)c(Nc2ccc(C3(C)C(=O)N(C)CCN3C)cc2)n1. The van der Waals surface area contributed by atoms with E-state index in [1.807, 2.05) is 76.5 Å². The molecule has 228 valence electrons. The van der Waals surface area contributed by atoms with Crippen LogP contribution in [0.4, 0.5) is 17.2 Å². The minimum absolute atomic E-state index is 0.0542. The van der Waals surface area contributed by atoms with E-state index in [2.05, 4.69) is 15.5 Å². The molecule has 1 aliphatic heterocycles. The minimum atomic E-state index is -0.763. The number of nitrogens with zero attached hydrogens (tertiary/aromatic N) is 4. The minimum Gasteiger partial charge on any atom is -0.343 e.